The van der Waals surface area contributed by atoms with Crippen LogP contribution >= 0.6 is 11.5 Å². The lowest BCUT2D eigenvalue weighted by Gasteiger charge is -2.33. The number of ether oxygens (including phenoxy) is 1. The van der Waals surface area contributed by atoms with Crippen molar-refractivity contribution in [1.29, 1.82) is 0 Å². The fourth-order valence-corrected chi connectivity index (χ4v) is 2.91. The highest BCUT2D eigenvalue weighted by atomic mass is 32.1. The molecule has 1 aliphatic heterocycles. The number of alkyl halides is 3. The first kappa shape index (κ1) is 15.9. The van der Waals surface area contributed by atoms with Gasteiger partial charge in [0, 0.05) is 11.9 Å². The number of carbonyl (C=O) groups is 1. The highest BCUT2D eigenvalue weighted by Crippen LogP contribution is 2.36. The molecule has 0 N–H and O–H groups in total. The van der Waals surface area contributed by atoms with Crippen molar-refractivity contribution < 1.29 is 22.7 Å². The third-order valence-electron chi connectivity index (χ3n) is 3.55. The second-order valence-electron chi connectivity index (χ2n) is 4.99. The largest absolute Gasteiger partial charge is 0.416 e. The molecule has 0 aliphatic carbocycles. The predicted octanol–water partition coefficient (Wildman–Crippen LogP) is 2.77. The van der Waals surface area contributed by atoms with Gasteiger partial charge in [0.05, 0.1) is 18.7 Å². The highest BCUT2D eigenvalue weighted by molar-refractivity contribution is 7.03. The Labute approximate surface area is 133 Å². The van der Waals surface area contributed by atoms with E-state index < -0.39 is 17.8 Å². The molecule has 0 radical (unpaired) electrons. The number of nitrogens with zero attached hydrogens (tertiary/aromatic N) is 3. The molecular formula is C14H12F3N3O2S. The summed E-state index contributed by atoms with van der Waals surface area (Å²) in [6.45, 7) is 0.519. The number of benzene rings is 1. The van der Waals surface area contributed by atoms with Gasteiger partial charge in [-0.2, -0.15) is 13.2 Å². The zero-order valence-corrected chi connectivity index (χ0v) is 12.6. The molecule has 2 heterocycles. The lowest BCUT2D eigenvalue weighted by Crippen LogP contribution is -2.42. The number of hydrogen-bond donors (Lipinski definition) is 0. The molecule has 5 nitrogen and oxygen atoms in total. The quantitative estimate of drug-likeness (QED) is 0.841. The van der Waals surface area contributed by atoms with Crippen LogP contribution in [0.2, 0.25) is 0 Å². The van der Waals surface area contributed by atoms with Crippen LogP contribution in [0.5, 0.6) is 0 Å². The molecule has 1 fully saturated rings. The summed E-state index contributed by atoms with van der Waals surface area (Å²) in [5.74, 6) is -0.350. The minimum absolute atomic E-state index is 0.0360. The molecule has 1 aliphatic rings. The van der Waals surface area contributed by atoms with E-state index >= 15 is 0 Å². The van der Waals surface area contributed by atoms with Gasteiger partial charge < -0.3 is 9.64 Å². The van der Waals surface area contributed by atoms with E-state index in [1.165, 1.54) is 28.5 Å². The number of amides is 1. The van der Waals surface area contributed by atoms with Crippen LogP contribution in [-0.4, -0.2) is 40.1 Å². The Morgan fingerprint density at radius 3 is 2.83 bits per heavy atom. The lowest BCUT2D eigenvalue weighted by molar-refractivity contribution is -0.140. The van der Waals surface area contributed by atoms with Crippen LogP contribution in [-0.2, 0) is 10.9 Å². The Kier molecular flexibility index (Phi) is 4.31. The number of halogens is 3. The summed E-state index contributed by atoms with van der Waals surface area (Å²) in [4.78, 5) is 13.7. The van der Waals surface area contributed by atoms with Crippen LogP contribution in [0.4, 0.5) is 13.2 Å². The molecule has 0 bridgehead atoms. The maximum Gasteiger partial charge on any atom is 0.416 e. The van der Waals surface area contributed by atoms with Gasteiger partial charge >= 0.3 is 6.18 Å². The van der Waals surface area contributed by atoms with Gasteiger partial charge in [0.15, 0.2) is 5.69 Å². The number of carbonyl (C=O) groups excluding carboxylic acids is 1. The summed E-state index contributed by atoms with van der Waals surface area (Å²) in [7, 11) is 0. The van der Waals surface area contributed by atoms with Gasteiger partial charge in [0.25, 0.3) is 5.91 Å². The smallest absolute Gasteiger partial charge is 0.370 e. The second kappa shape index (κ2) is 6.25. The maximum absolute atomic E-state index is 13.1. The topological polar surface area (TPSA) is 55.3 Å². The summed E-state index contributed by atoms with van der Waals surface area (Å²) in [6.07, 6.45) is -5.29. The zero-order chi connectivity index (χ0) is 16.4. The molecule has 1 unspecified atom stereocenters. The monoisotopic (exact) mass is 343 g/mol. The van der Waals surface area contributed by atoms with E-state index in [1.807, 2.05) is 0 Å². The minimum atomic E-state index is -4.47. The fraction of sp³-hybridized carbons (Fsp3) is 0.357. The number of rotatable bonds is 2. The number of hydrogen-bond acceptors (Lipinski definition) is 5. The third kappa shape index (κ3) is 3.35. The van der Waals surface area contributed by atoms with E-state index in [0.29, 0.717) is 6.54 Å². The van der Waals surface area contributed by atoms with Crippen LogP contribution in [0.3, 0.4) is 0 Å². The van der Waals surface area contributed by atoms with E-state index in [2.05, 4.69) is 9.59 Å². The van der Waals surface area contributed by atoms with Crippen LogP contribution in [0.1, 0.15) is 27.7 Å². The Morgan fingerprint density at radius 1 is 1.35 bits per heavy atom. The molecule has 0 saturated carbocycles. The Bertz CT molecular complexity index is 691. The van der Waals surface area contributed by atoms with Crippen molar-refractivity contribution in [3.8, 4) is 0 Å². The van der Waals surface area contributed by atoms with Crippen molar-refractivity contribution in [2.45, 2.75) is 12.3 Å². The predicted molar refractivity (Wildman–Crippen MR) is 75.9 cm³/mol. The molecule has 1 aromatic heterocycles. The molecule has 1 atom stereocenters. The Morgan fingerprint density at radius 2 is 2.13 bits per heavy atom. The molecule has 2 aromatic rings. The van der Waals surface area contributed by atoms with Crippen molar-refractivity contribution in [2.75, 3.05) is 19.7 Å². The Hall–Kier alpha value is -2.00. The SMILES string of the molecule is O=C(c1csnn1)N1CCOC(c2ccccc2C(F)(F)F)C1. The molecule has 0 spiro atoms. The average Bonchev–Trinajstić information content (AvgIpc) is 3.08. The highest BCUT2D eigenvalue weighted by Gasteiger charge is 2.37. The third-order valence-corrected chi connectivity index (χ3v) is 4.05. The second-order valence-corrected chi connectivity index (χ2v) is 5.60. The van der Waals surface area contributed by atoms with Gasteiger partial charge in [-0.15, -0.1) is 5.10 Å². The summed E-state index contributed by atoms with van der Waals surface area (Å²) >= 11 is 1.05. The van der Waals surface area contributed by atoms with Crippen LogP contribution in [0.15, 0.2) is 29.6 Å². The first-order valence-corrected chi connectivity index (χ1v) is 7.64. The molecule has 3 rings (SSSR count). The van der Waals surface area contributed by atoms with Crippen molar-refractivity contribution in [2.24, 2.45) is 0 Å². The molecule has 23 heavy (non-hydrogen) atoms. The standard InChI is InChI=1S/C14H12F3N3O2S/c15-14(16,17)10-4-2-1-3-9(10)12-7-20(5-6-22-12)13(21)11-8-23-19-18-11/h1-4,8,12H,5-7H2. The first-order valence-electron chi connectivity index (χ1n) is 6.81. The molecule has 1 aromatic carbocycles. The van der Waals surface area contributed by atoms with Crippen molar-refractivity contribution in [3.63, 3.8) is 0 Å². The van der Waals surface area contributed by atoms with Crippen molar-refractivity contribution in [1.82, 2.24) is 14.5 Å². The normalized spacial score (nSPS) is 18.9. The van der Waals surface area contributed by atoms with Gasteiger partial charge in [-0.05, 0) is 23.2 Å². The molecule has 1 amide bonds. The van der Waals surface area contributed by atoms with Gasteiger partial charge in [-0.3, -0.25) is 4.79 Å². The summed E-state index contributed by atoms with van der Waals surface area (Å²) < 4.78 is 48.5. The fourth-order valence-electron chi connectivity index (χ4n) is 2.48. The van der Waals surface area contributed by atoms with Crippen molar-refractivity contribution in [3.05, 3.63) is 46.5 Å². The minimum Gasteiger partial charge on any atom is -0.370 e. The van der Waals surface area contributed by atoms with Crippen LogP contribution in [0, 0.1) is 0 Å². The van der Waals surface area contributed by atoms with Crippen molar-refractivity contribution >= 4 is 17.4 Å². The van der Waals surface area contributed by atoms with Gasteiger partial charge in [-0.25, -0.2) is 0 Å². The van der Waals surface area contributed by atoms with E-state index in [9.17, 15) is 18.0 Å². The van der Waals surface area contributed by atoms with Crippen LogP contribution < -0.4 is 0 Å². The average molecular weight is 343 g/mol. The molecule has 9 heteroatoms. The van der Waals surface area contributed by atoms with E-state index in [4.69, 9.17) is 4.74 Å². The summed E-state index contributed by atoms with van der Waals surface area (Å²) in [5, 5.41) is 5.21. The van der Waals surface area contributed by atoms with E-state index in [0.717, 1.165) is 17.6 Å². The molecular weight excluding hydrogens is 331 g/mol. The van der Waals surface area contributed by atoms with E-state index in [1.54, 1.807) is 0 Å². The lowest BCUT2D eigenvalue weighted by atomic mass is 10.0. The van der Waals surface area contributed by atoms with Gasteiger partial charge in [-0.1, -0.05) is 22.7 Å². The Balaban J connectivity index is 1.84. The van der Waals surface area contributed by atoms with Gasteiger partial charge in [0.2, 0.25) is 0 Å². The zero-order valence-electron chi connectivity index (χ0n) is 11.8. The van der Waals surface area contributed by atoms with E-state index in [-0.39, 0.29) is 30.3 Å². The first-order chi connectivity index (χ1) is 11.0. The van der Waals surface area contributed by atoms with Crippen LogP contribution in [0.25, 0.3) is 0 Å². The summed E-state index contributed by atoms with van der Waals surface area (Å²) in [5.41, 5.74) is -0.511. The summed E-state index contributed by atoms with van der Waals surface area (Å²) in [6, 6.07) is 5.26. The molecule has 1 saturated heterocycles. The molecule has 122 valence electrons. The maximum atomic E-state index is 13.1. The number of aromatic nitrogens is 2. The van der Waals surface area contributed by atoms with Gasteiger partial charge in [0.1, 0.15) is 6.10 Å². The number of morpholine rings is 1.